The SMILES string of the molecule is CC(C)[C@H]1CC[C@@H](C)C[C@H]1OC(=O)Cn1cccc([N+](=O)[O-])c1=O. The van der Waals surface area contributed by atoms with Crippen molar-refractivity contribution in [1.82, 2.24) is 4.57 Å². The van der Waals surface area contributed by atoms with Gasteiger partial charge in [0.05, 0.1) is 4.92 Å². The third kappa shape index (κ3) is 4.21. The van der Waals surface area contributed by atoms with Crippen molar-refractivity contribution in [2.24, 2.45) is 17.8 Å². The molecule has 132 valence electrons. The lowest BCUT2D eigenvalue weighted by atomic mass is 9.75. The van der Waals surface area contributed by atoms with E-state index in [1.807, 2.05) is 0 Å². The number of carbonyl (C=O) groups excluding carboxylic acids is 1. The van der Waals surface area contributed by atoms with Crippen LogP contribution < -0.4 is 5.56 Å². The fourth-order valence-corrected chi connectivity index (χ4v) is 3.38. The molecular formula is C17H24N2O5. The van der Waals surface area contributed by atoms with E-state index in [0.717, 1.165) is 29.9 Å². The van der Waals surface area contributed by atoms with E-state index in [-0.39, 0.29) is 12.6 Å². The Balaban J connectivity index is 2.09. The molecule has 1 aromatic heterocycles. The van der Waals surface area contributed by atoms with Crippen molar-refractivity contribution in [3.63, 3.8) is 0 Å². The Kier molecular flexibility index (Phi) is 5.75. The molecule has 0 saturated heterocycles. The molecule has 3 atom stereocenters. The second kappa shape index (κ2) is 7.59. The van der Waals surface area contributed by atoms with Crippen molar-refractivity contribution in [1.29, 1.82) is 0 Å². The topological polar surface area (TPSA) is 91.4 Å². The fourth-order valence-electron chi connectivity index (χ4n) is 3.38. The maximum absolute atomic E-state index is 12.2. The van der Waals surface area contributed by atoms with Crippen molar-refractivity contribution in [3.05, 3.63) is 38.8 Å². The number of ether oxygens (including phenoxy) is 1. The maximum atomic E-state index is 12.2. The second-order valence-corrected chi connectivity index (χ2v) is 6.94. The summed E-state index contributed by atoms with van der Waals surface area (Å²) in [5.41, 5.74) is -1.34. The Hall–Kier alpha value is -2.18. The highest BCUT2D eigenvalue weighted by atomic mass is 16.6. The molecule has 0 spiro atoms. The number of carbonyl (C=O) groups is 1. The Morgan fingerprint density at radius 2 is 2.17 bits per heavy atom. The normalized spacial score (nSPS) is 23.9. The first-order valence-electron chi connectivity index (χ1n) is 8.33. The van der Waals surface area contributed by atoms with Crippen LogP contribution in [0.3, 0.4) is 0 Å². The molecule has 0 radical (unpaired) electrons. The van der Waals surface area contributed by atoms with E-state index in [9.17, 15) is 19.7 Å². The highest BCUT2D eigenvalue weighted by Crippen LogP contribution is 2.35. The maximum Gasteiger partial charge on any atom is 0.334 e. The second-order valence-electron chi connectivity index (χ2n) is 6.94. The van der Waals surface area contributed by atoms with Crippen LogP contribution >= 0.6 is 0 Å². The zero-order valence-electron chi connectivity index (χ0n) is 14.3. The summed E-state index contributed by atoms with van der Waals surface area (Å²) in [4.78, 5) is 34.3. The van der Waals surface area contributed by atoms with E-state index >= 15 is 0 Å². The monoisotopic (exact) mass is 336 g/mol. The van der Waals surface area contributed by atoms with Crippen LogP contribution in [-0.2, 0) is 16.1 Å². The molecule has 0 N–H and O–H groups in total. The van der Waals surface area contributed by atoms with Gasteiger partial charge in [0.2, 0.25) is 0 Å². The van der Waals surface area contributed by atoms with E-state index in [1.54, 1.807) is 0 Å². The first kappa shape index (κ1) is 18.2. The van der Waals surface area contributed by atoms with Crippen LogP contribution in [0.5, 0.6) is 0 Å². The van der Waals surface area contributed by atoms with Crippen molar-refractivity contribution >= 4 is 11.7 Å². The van der Waals surface area contributed by atoms with Gasteiger partial charge >= 0.3 is 17.2 Å². The van der Waals surface area contributed by atoms with E-state index in [2.05, 4.69) is 20.8 Å². The van der Waals surface area contributed by atoms with Crippen LogP contribution in [0.4, 0.5) is 5.69 Å². The van der Waals surface area contributed by atoms with Crippen LogP contribution in [0.1, 0.15) is 40.0 Å². The summed E-state index contributed by atoms with van der Waals surface area (Å²) in [6, 6.07) is 2.51. The summed E-state index contributed by atoms with van der Waals surface area (Å²) in [7, 11) is 0. The average Bonchev–Trinajstić information content (AvgIpc) is 2.48. The molecule has 2 rings (SSSR count). The van der Waals surface area contributed by atoms with Gasteiger partial charge in [-0.1, -0.05) is 27.2 Å². The van der Waals surface area contributed by atoms with Gasteiger partial charge in [0.25, 0.3) is 0 Å². The lowest BCUT2D eigenvalue weighted by molar-refractivity contribution is -0.386. The van der Waals surface area contributed by atoms with Crippen molar-refractivity contribution in [2.75, 3.05) is 0 Å². The molecule has 1 heterocycles. The van der Waals surface area contributed by atoms with Gasteiger partial charge < -0.3 is 4.74 Å². The number of rotatable bonds is 5. The predicted octanol–water partition coefficient (Wildman–Crippen LogP) is 2.76. The molecule has 0 aromatic carbocycles. The highest BCUT2D eigenvalue weighted by molar-refractivity contribution is 5.69. The van der Waals surface area contributed by atoms with Crippen LogP contribution in [0.15, 0.2) is 23.1 Å². The quantitative estimate of drug-likeness (QED) is 0.468. The van der Waals surface area contributed by atoms with Gasteiger partial charge in [0, 0.05) is 12.3 Å². The third-order valence-electron chi connectivity index (χ3n) is 4.74. The lowest BCUT2D eigenvalue weighted by Crippen LogP contribution is -2.37. The summed E-state index contributed by atoms with van der Waals surface area (Å²) in [6.45, 7) is 6.07. The molecule has 1 aliphatic carbocycles. The smallest absolute Gasteiger partial charge is 0.334 e. The van der Waals surface area contributed by atoms with Crippen LogP contribution in [0.2, 0.25) is 0 Å². The van der Waals surface area contributed by atoms with E-state index in [4.69, 9.17) is 4.74 Å². The number of hydrogen-bond donors (Lipinski definition) is 0. The van der Waals surface area contributed by atoms with Gasteiger partial charge in [-0.3, -0.25) is 24.3 Å². The molecule has 0 aliphatic heterocycles. The summed E-state index contributed by atoms with van der Waals surface area (Å²) >= 11 is 0. The first-order chi connectivity index (χ1) is 11.3. The molecule has 0 unspecified atom stereocenters. The minimum atomic E-state index is -0.795. The summed E-state index contributed by atoms with van der Waals surface area (Å²) in [5.74, 6) is 0.698. The average molecular weight is 336 g/mol. The van der Waals surface area contributed by atoms with Crippen molar-refractivity contribution in [3.8, 4) is 0 Å². The van der Waals surface area contributed by atoms with Crippen molar-refractivity contribution in [2.45, 2.75) is 52.7 Å². The Morgan fingerprint density at radius 3 is 2.79 bits per heavy atom. The lowest BCUT2D eigenvalue weighted by Gasteiger charge is -2.36. The minimum absolute atomic E-state index is 0.157. The van der Waals surface area contributed by atoms with Crippen LogP contribution in [-0.4, -0.2) is 21.6 Å². The number of nitrogens with zero attached hydrogens (tertiary/aromatic N) is 2. The number of hydrogen-bond acceptors (Lipinski definition) is 5. The predicted molar refractivity (Wildman–Crippen MR) is 88.6 cm³/mol. The van der Waals surface area contributed by atoms with E-state index in [0.29, 0.717) is 17.8 Å². The molecule has 1 fully saturated rings. The largest absolute Gasteiger partial charge is 0.461 e. The Labute approximate surface area is 140 Å². The molecule has 24 heavy (non-hydrogen) atoms. The number of nitro groups is 1. The molecule has 1 aliphatic rings. The third-order valence-corrected chi connectivity index (χ3v) is 4.74. The van der Waals surface area contributed by atoms with E-state index in [1.165, 1.54) is 12.3 Å². The zero-order chi connectivity index (χ0) is 17.9. The Bertz CT molecular complexity index is 667. The molecule has 7 heteroatoms. The van der Waals surface area contributed by atoms with Gasteiger partial charge in [-0.25, -0.2) is 0 Å². The summed E-state index contributed by atoms with van der Waals surface area (Å²) < 4.78 is 6.65. The molecule has 1 aromatic rings. The van der Waals surface area contributed by atoms with E-state index < -0.39 is 22.1 Å². The number of aromatic nitrogens is 1. The molecule has 1 saturated carbocycles. The first-order valence-corrected chi connectivity index (χ1v) is 8.33. The van der Waals surface area contributed by atoms with Crippen molar-refractivity contribution < 1.29 is 14.5 Å². The number of pyridine rings is 1. The van der Waals surface area contributed by atoms with Gasteiger partial charge in [-0.15, -0.1) is 0 Å². The fraction of sp³-hybridized carbons (Fsp3) is 0.647. The summed E-state index contributed by atoms with van der Waals surface area (Å²) in [6.07, 6.45) is 4.17. The van der Waals surface area contributed by atoms with Gasteiger partial charge in [-0.05, 0) is 36.7 Å². The molecule has 0 bridgehead atoms. The van der Waals surface area contributed by atoms with Gasteiger partial charge in [0.1, 0.15) is 12.6 Å². The van der Waals surface area contributed by atoms with Crippen LogP contribution in [0, 0.1) is 27.9 Å². The summed E-state index contributed by atoms with van der Waals surface area (Å²) in [5, 5.41) is 10.8. The minimum Gasteiger partial charge on any atom is -0.461 e. The van der Waals surface area contributed by atoms with Gasteiger partial charge in [-0.2, -0.15) is 0 Å². The molecule has 0 amide bonds. The Morgan fingerprint density at radius 1 is 1.46 bits per heavy atom. The standard InChI is InChI=1S/C17H24N2O5/c1-11(2)13-7-6-12(3)9-15(13)24-16(20)10-18-8-4-5-14(17(18)21)19(22)23/h4-5,8,11-13,15H,6-7,9-10H2,1-3H3/t12-,13-,15-/m1/s1. The zero-order valence-corrected chi connectivity index (χ0v) is 14.3. The van der Waals surface area contributed by atoms with Gasteiger partial charge in [0.15, 0.2) is 0 Å². The molecular weight excluding hydrogens is 312 g/mol. The molecule has 7 nitrogen and oxygen atoms in total. The highest BCUT2D eigenvalue weighted by Gasteiger charge is 2.33. The van der Waals surface area contributed by atoms with Crippen LogP contribution in [0.25, 0.3) is 0 Å². The number of esters is 1.